The molecule has 3 rings (SSSR count). The van der Waals surface area contributed by atoms with E-state index in [0.29, 0.717) is 0 Å². The molecule has 0 atom stereocenters. The van der Waals surface area contributed by atoms with E-state index in [-0.39, 0.29) is 57.4 Å². The van der Waals surface area contributed by atoms with E-state index in [0.717, 1.165) is 29.6 Å². The molecule has 1 aliphatic rings. The quantitative estimate of drug-likeness (QED) is 0.582. The van der Waals surface area contributed by atoms with Crippen LogP contribution in [-0.4, -0.2) is 19.3 Å². The molecule has 0 spiro atoms. The van der Waals surface area contributed by atoms with Gasteiger partial charge in [-0.2, -0.15) is 12.1 Å². The predicted molar refractivity (Wildman–Crippen MR) is 94.5 cm³/mol. The van der Waals surface area contributed by atoms with E-state index < -0.39 is 0 Å². The molecule has 4 heteroatoms. The summed E-state index contributed by atoms with van der Waals surface area (Å²) in [6.45, 7) is 6.14. The summed E-state index contributed by atoms with van der Waals surface area (Å²) >= 11 is 0. The third-order valence-corrected chi connectivity index (χ3v) is 3.22. The van der Waals surface area contributed by atoms with Gasteiger partial charge in [0.2, 0.25) is 0 Å². The molecular formula is C20H25KN2O. The summed E-state index contributed by atoms with van der Waals surface area (Å²) in [4.78, 5) is 9.24. The second-order valence-electron chi connectivity index (χ2n) is 5.67. The van der Waals surface area contributed by atoms with Crippen LogP contribution in [0.1, 0.15) is 26.7 Å². The van der Waals surface area contributed by atoms with Crippen molar-refractivity contribution >= 4 is 5.69 Å². The van der Waals surface area contributed by atoms with Gasteiger partial charge < -0.3 is 14.7 Å². The minimum absolute atomic E-state index is 0. The van der Waals surface area contributed by atoms with Crippen molar-refractivity contribution in [2.24, 2.45) is 9.98 Å². The van der Waals surface area contributed by atoms with Crippen molar-refractivity contribution in [1.82, 2.24) is 0 Å². The normalized spacial score (nSPS) is 14.8. The van der Waals surface area contributed by atoms with E-state index in [4.69, 9.17) is 4.74 Å². The third-order valence-electron chi connectivity index (χ3n) is 3.22. The Kier molecular flexibility index (Phi) is 11.5. The number of para-hydroxylation sites is 1. The van der Waals surface area contributed by atoms with E-state index >= 15 is 0 Å². The number of ether oxygens (including phenoxy) is 1. The Labute approximate surface area is 187 Å². The fourth-order valence-corrected chi connectivity index (χ4v) is 2.16. The average molecular weight is 349 g/mol. The van der Waals surface area contributed by atoms with Crippen LogP contribution in [0, 0.1) is 0 Å². The fourth-order valence-electron chi connectivity index (χ4n) is 2.16. The summed E-state index contributed by atoms with van der Waals surface area (Å²) in [5, 5.41) is 1.83. The Morgan fingerprint density at radius 1 is 0.958 bits per heavy atom. The maximum absolute atomic E-state index is 4.94. The van der Waals surface area contributed by atoms with Gasteiger partial charge >= 0.3 is 51.4 Å². The van der Waals surface area contributed by atoms with Crippen LogP contribution >= 0.6 is 0 Å². The summed E-state index contributed by atoms with van der Waals surface area (Å²) in [7, 11) is 0. The van der Waals surface area contributed by atoms with E-state index in [1.54, 1.807) is 0 Å². The largest absolute Gasteiger partial charge is 1.00 e. The zero-order valence-electron chi connectivity index (χ0n) is 15.0. The summed E-state index contributed by atoms with van der Waals surface area (Å²) in [5.41, 5.74) is 0.948. The second kappa shape index (κ2) is 12.8. The second-order valence-corrected chi connectivity index (χ2v) is 5.67. The van der Waals surface area contributed by atoms with Crippen molar-refractivity contribution in [3.05, 3.63) is 71.4 Å². The molecular weight excluding hydrogens is 323 g/mol. The molecule has 24 heavy (non-hydrogen) atoms. The first-order valence-electron chi connectivity index (χ1n) is 8.23. The monoisotopic (exact) mass is 348 g/mol. The van der Waals surface area contributed by atoms with Gasteiger partial charge in [0, 0.05) is 24.9 Å². The van der Waals surface area contributed by atoms with Crippen molar-refractivity contribution in [3.8, 4) is 0 Å². The molecule has 1 aliphatic heterocycles. The Hall–Kier alpha value is -0.494. The summed E-state index contributed by atoms with van der Waals surface area (Å²) in [6, 6.07) is 20.2. The van der Waals surface area contributed by atoms with E-state index in [2.05, 4.69) is 23.8 Å². The van der Waals surface area contributed by atoms with Crippen LogP contribution in [0.5, 0.6) is 0 Å². The number of hydrogen-bond donors (Lipinski definition) is 0. The molecule has 1 fully saturated rings. The van der Waals surface area contributed by atoms with Crippen LogP contribution in [0.15, 0.2) is 70.6 Å². The van der Waals surface area contributed by atoms with Gasteiger partial charge in [-0.1, -0.05) is 18.2 Å². The molecule has 0 amide bonds. The van der Waals surface area contributed by atoms with Crippen molar-refractivity contribution in [2.75, 3.05) is 13.2 Å². The number of nitrogens with zero attached hydrogens (tertiary/aromatic N) is 2. The maximum atomic E-state index is 4.94. The Morgan fingerprint density at radius 2 is 1.62 bits per heavy atom. The van der Waals surface area contributed by atoms with Gasteiger partial charge in [-0.25, -0.2) is 0 Å². The van der Waals surface area contributed by atoms with E-state index in [1.165, 1.54) is 12.8 Å². The molecule has 0 aliphatic carbocycles. The third kappa shape index (κ3) is 8.56. The van der Waals surface area contributed by atoms with Crippen LogP contribution in [0.4, 0.5) is 5.69 Å². The van der Waals surface area contributed by atoms with Crippen LogP contribution in [0.2, 0.25) is 0 Å². The molecule has 0 saturated carbocycles. The van der Waals surface area contributed by atoms with Gasteiger partial charge in [0.15, 0.2) is 0 Å². The Balaban J connectivity index is 0.000000412. The average Bonchev–Trinajstić information content (AvgIpc) is 3.06. The van der Waals surface area contributed by atoms with Gasteiger partial charge in [0.1, 0.15) is 0 Å². The van der Waals surface area contributed by atoms with Crippen LogP contribution in [0.25, 0.3) is 0 Å². The number of hydrogen-bond acceptors (Lipinski definition) is 3. The van der Waals surface area contributed by atoms with Crippen LogP contribution in [0.3, 0.4) is 0 Å². The van der Waals surface area contributed by atoms with Gasteiger partial charge in [0.25, 0.3) is 0 Å². The minimum Gasteiger partial charge on any atom is -0.381 e. The first kappa shape index (κ1) is 21.5. The molecule has 3 nitrogen and oxygen atoms in total. The molecule has 0 radical (unpaired) electrons. The van der Waals surface area contributed by atoms with Crippen molar-refractivity contribution < 1.29 is 56.1 Å². The molecule has 0 unspecified atom stereocenters. The number of rotatable bonds is 2. The van der Waals surface area contributed by atoms with Crippen LogP contribution < -0.4 is 62.1 Å². The van der Waals surface area contributed by atoms with Crippen molar-refractivity contribution in [1.29, 1.82) is 0 Å². The molecule has 122 valence electrons. The summed E-state index contributed by atoms with van der Waals surface area (Å²) < 4.78 is 4.94. The molecule has 1 heterocycles. The van der Waals surface area contributed by atoms with Gasteiger partial charge in [-0.15, -0.1) is 18.2 Å². The van der Waals surface area contributed by atoms with Crippen molar-refractivity contribution in [2.45, 2.75) is 32.7 Å². The van der Waals surface area contributed by atoms with Crippen LogP contribution in [-0.2, 0) is 4.74 Å². The smallest absolute Gasteiger partial charge is 0.381 e. The molecule has 2 aromatic carbocycles. The molecule has 2 aromatic rings. The first-order valence-corrected chi connectivity index (χ1v) is 8.23. The number of benzene rings is 1. The van der Waals surface area contributed by atoms with Crippen molar-refractivity contribution in [3.63, 3.8) is 0 Å². The fraction of sp³-hybridized carbons (Fsp3) is 0.350. The topological polar surface area (TPSA) is 34.0 Å². The zero-order valence-corrected chi connectivity index (χ0v) is 18.1. The Bertz CT molecular complexity index is 697. The SMILES string of the molecule is C1CCOC1.CC(C)N=c1[cH-]ccccc1=Nc1ccccc1.[K+]. The summed E-state index contributed by atoms with van der Waals surface area (Å²) in [6.07, 6.45) is 2.56. The molecule has 0 bridgehead atoms. The zero-order chi connectivity index (χ0) is 16.3. The Morgan fingerprint density at radius 3 is 2.21 bits per heavy atom. The van der Waals surface area contributed by atoms with Gasteiger partial charge in [-0.05, 0) is 49.5 Å². The van der Waals surface area contributed by atoms with E-state index in [9.17, 15) is 0 Å². The standard InChI is InChI=1S/C16H17N2.C4H8O.K/c1-13(2)17-15-11-7-4-8-12-16(15)18-14-9-5-3-6-10-14;1-2-4-5-3-1;/h3-13H,1-2H3;1-4H2;/q-1;;+1. The maximum Gasteiger partial charge on any atom is 1.00 e. The summed E-state index contributed by atoms with van der Waals surface area (Å²) in [5.74, 6) is 0. The molecule has 0 N–H and O–H groups in total. The van der Waals surface area contributed by atoms with E-state index in [1.807, 2.05) is 60.7 Å². The van der Waals surface area contributed by atoms with Gasteiger partial charge in [0.05, 0.1) is 0 Å². The molecule has 0 aromatic heterocycles. The molecule has 1 saturated heterocycles. The first-order chi connectivity index (χ1) is 11.3. The van der Waals surface area contributed by atoms with Gasteiger partial charge in [-0.3, -0.25) is 0 Å². The minimum atomic E-state index is 0. The predicted octanol–water partition coefficient (Wildman–Crippen LogP) is 0.748.